The molecule has 0 atom stereocenters. The van der Waals surface area contributed by atoms with Crippen LogP contribution in [-0.4, -0.2) is 4.98 Å². The number of hydrogen-bond donors (Lipinski definition) is 0. The number of pyridine rings is 1. The van der Waals surface area contributed by atoms with Crippen molar-refractivity contribution < 1.29 is 4.11 Å². The molecule has 0 aliphatic carbocycles. The summed E-state index contributed by atoms with van der Waals surface area (Å²) >= 11 is 0. The van der Waals surface area contributed by atoms with E-state index in [9.17, 15) is 0 Å². The Bertz CT molecular complexity index is 518. The monoisotopic (exact) mass is 186 g/mol. The average molecular weight is 186 g/mol. The zero-order chi connectivity index (χ0) is 12.5. The Kier molecular flexibility index (Phi) is 1.54. The largest absolute Gasteiger partial charge is 0.256 e. The number of nitrogens with zero attached hydrogens (tertiary/aromatic N) is 1. The van der Waals surface area contributed by atoms with E-state index in [4.69, 9.17) is 4.11 Å². The predicted octanol–water partition coefficient (Wildman–Crippen LogP) is 3.37. The van der Waals surface area contributed by atoms with Crippen LogP contribution in [0.25, 0.3) is 11.3 Å². The van der Waals surface area contributed by atoms with Crippen LogP contribution in [0.2, 0.25) is 0 Å². The van der Waals surface area contributed by atoms with E-state index >= 15 is 0 Å². The maximum absolute atomic E-state index is 7.36. The van der Waals surface area contributed by atoms with E-state index in [1.807, 2.05) is 31.2 Å². The van der Waals surface area contributed by atoms with Crippen LogP contribution in [0, 0.1) is 13.8 Å². The fourth-order valence-corrected chi connectivity index (χ4v) is 1.47. The maximum atomic E-state index is 7.36. The third kappa shape index (κ3) is 1.67. The molecule has 2 aromatic rings. The topological polar surface area (TPSA) is 12.9 Å². The van der Waals surface area contributed by atoms with Crippen molar-refractivity contribution in [1.82, 2.24) is 4.98 Å². The van der Waals surface area contributed by atoms with Crippen LogP contribution in [0.1, 0.15) is 15.2 Å². The number of aromatic nitrogens is 1. The fourth-order valence-electron chi connectivity index (χ4n) is 1.47. The molecule has 0 bridgehead atoms. The molecule has 0 spiro atoms. The van der Waals surface area contributed by atoms with E-state index in [-0.39, 0.29) is 0 Å². The quantitative estimate of drug-likeness (QED) is 0.665. The van der Waals surface area contributed by atoms with Crippen LogP contribution in [0.5, 0.6) is 0 Å². The molecule has 1 aromatic heterocycles. The van der Waals surface area contributed by atoms with E-state index in [0.29, 0.717) is 5.56 Å². The van der Waals surface area contributed by atoms with Gasteiger partial charge in [-0.25, -0.2) is 0 Å². The molecule has 0 amide bonds. The first-order chi connectivity index (χ1) is 7.98. The summed E-state index contributed by atoms with van der Waals surface area (Å²) in [5.41, 5.74) is 3.13. The van der Waals surface area contributed by atoms with Gasteiger partial charge in [0.15, 0.2) is 0 Å². The van der Waals surface area contributed by atoms with Crippen LogP contribution in [0.4, 0.5) is 0 Å². The lowest BCUT2D eigenvalue weighted by molar-refractivity contribution is 1.29. The molecule has 0 N–H and O–H groups in total. The minimum atomic E-state index is -2.05. The van der Waals surface area contributed by atoms with Crippen molar-refractivity contribution in [1.29, 1.82) is 0 Å². The van der Waals surface area contributed by atoms with Crippen molar-refractivity contribution in [2.45, 2.75) is 13.8 Å². The van der Waals surface area contributed by atoms with E-state index in [0.717, 1.165) is 16.8 Å². The molecule has 2 rings (SSSR count). The Morgan fingerprint density at radius 3 is 2.79 bits per heavy atom. The van der Waals surface area contributed by atoms with Crippen LogP contribution < -0.4 is 0 Å². The first kappa shape index (κ1) is 5.97. The van der Waals surface area contributed by atoms with Crippen molar-refractivity contribution in [3.8, 4) is 11.3 Å². The molecule has 0 unspecified atom stereocenters. The summed E-state index contributed by atoms with van der Waals surface area (Å²) in [6.45, 7) is -0.146. The number of rotatable bonds is 1. The van der Waals surface area contributed by atoms with Crippen molar-refractivity contribution in [2.24, 2.45) is 0 Å². The predicted molar refractivity (Wildman–Crippen MR) is 59.1 cm³/mol. The summed E-state index contributed by atoms with van der Waals surface area (Å²) in [5, 5.41) is 0. The van der Waals surface area contributed by atoms with Gasteiger partial charge in [0.2, 0.25) is 0 Å². The third-order valence-corrected chi connectivity index (χ3v) is 2.17. The van der Waals surface area contributed by atoms with Crippen molar-refractivity contribution in [3.63, 3.8) is 0 Å². The normalized spacial score (nSPS) is 14.2. The summed E-state index contributed by atoms with van der Waals surface area (Å²) in [4.78, 5) is 4.26. The minimum Gasteiger partial charge on any atom is -0.256 e. The summed E-state index contributed by atoms with van der Waals surface area (Å²) in [6.07, 6.45) is 1.73. The Hall–Kier alpha value is -1.63. The van der Waals surface area contributed by atoms with Crippen LogP contribution in [0.3, 0.4) is 0 Å². The van der Waals surface area contributed by atoms with E-state index in [1.54, 1.807) is 18.3 Å². The van der Waals surface area contributed by atoms with Gasteiger partial charge in [-0.1, -0.05) is 29.8 Å². The maximum Gasteiger partial charge on any atom is 0.0704 e. The first-order valence-corrected chi connectivity index (χ1v) is 4.51. The van der Waals surface area contributed by atoms with Gasteiger partial charge in [-0.2, -0.15) is 0 Å². The zero-order valence-electron chi connectivity index (χ0n) is 11.0. The van der Waals surface area contributed by atoms with E-state index < -0.39 is 6.85 Å². The Labute approximate surface area is 88.7 Å². The summed E-state index contributed by atoms with van der Waals surface area (Å²) in [5.74, 6) is 0. The number of hydrogen-bond acceptors (Lipinski definition) is 1. The Morgan fingerprint density at radius 2 is 2.14 bits per heavy atom. The lowest BCUT2D eigenvalue weighted by Gasteiger charge is -2.05. The van der Waals surface area contributed by atoms with Gasteiger partial charge in [-0.15, -0.1) is 0 Å². The highest BCUT2D eigenvalue weighted by atomic mass is 14.7. The SMILES string of the molecule is [2H]C([2H])([2H])c1ccc(-c2ccccn2)c(C)c1. The molecule has 0 saturated carbocycles. The number of aryl methyl sites for hydroxylation is 2. The van der Waals surface area contributed by atoms with Gasteiger partial charge in [0.25, 0.3) is 0 Å². The Balaban J connectivity index is 2.46. The molecule has 1 aromatic carbocycles. The van der Waals surface area contributed by atoms with Gasteiger partial charge in [0.05, 0.1) is 5.69 Å². The highest BCUT2D eigenvalue weighted by Crippen LogP contribution is 2.21. The highest BCUT2D eigenvalue weighted by Gasteiger charge is 2.01. The van der Waals surface area contributed by atoms with Crippen LogP contribution in [0.15, 0.2) is 42.6 Å². The molecule has 70 valence electrons. The van der Waals surface area contributed by atoms with Gasteiger partial charge in [0.1, 0.15) is 0 Å². The van der Waals surface area contributed by atoms with E-state index in [1.165, 1.54) is 0 Å². The lowest BCUT2D eigenvalue weighted by atomic mass is 10.0. The first-order valence-electron chi connectivity index (χ1n) is 6.01. The van der Waals surface area contributed by atoms with Gasteiger partial charge in [-0.3, -0.25) is 4.98 Å². The second kappa shape index (κ2) is 3.62. The molecule has 0 aliphatic heterocycles. The molecule has 1 nitrogen and oxygen atoms in total. The molecule has 0 saturated heterocycles. The smallest absolute Gasteiger partial charge is 0.0704 e. The van der Waals surface area contributed by atoms with E-state index in [2.05, 4.69) is 4.98 Å². The second-order valence-corrected chi connectivity index (χ2v) is 3.24. The van der Waals surface area contributed by atoms with Crippen molar-refractivity contribution in [2.75, 3.05) is 0 Å². The molecule has 0 fully saturated rings. The van der Waals surface area contributed by atoms with Crippen molar-refractivity contribution >= 4 is 0 Å². The molecule has 1 heterocycles. The second-order valence-electron chi connectivity index (χ2n) is 3.24. The lowest BCUT2D eigenvalue weighted by Crippen LogP contribution is -1.86. The third-order valence-electron chi connectivity index (χ3n) is 2.17. The van der Waals surface area contributed by atoms with Crippen molar-refractivity contribution in [3.05, 3.63) is 53.7 Å². The van der Waals surface area contributed by atoms with Gasteiger partial charge >= 0.3 is 0 Å². The van der Waals surface area contributed by atoms with Crippen LogP contribution >= 0.6 is 0 Å². The highest BCUT2D eigenvalue weighted by molar-refractivity contribution is 5.63. The minimum absolute atomic E-state index is 0.370. The molecule has 14 heavy (non-hydrogen) atoms. The molecule has 0 radical (unpaired) electrons. The van der Waals surface area contributed by atoms with Crippen LogP contribution in [-0.2, 0) is 0 Å². The summed E-state index contributed by atoms with van der Waals surface area (Å²) in [7, 11) is 0. The average Bonchev–Trinajstić information content (AvgIpc) is 2.29. The standard InChI is InChI=1S/C13H13N/c1-10-6-7-12(11(2)9-10)13-5-3-4-8-14-13/h3-9H,1-2H3/i1D3. The fraction of sp³-hybridized carbons (Fsp3) is 0.154. The van der Waals surface area contributed by atoms with Gasteiger partial charge in [-0.05, 0) is 31.5 Å². The summed E-state index contributed by atoms with van der Waals surface area (Å²) in [6, 6.07) is 10.9. The summed E-state index contributed by atoms with van der Waals surface area (Å²) < 4.78 is 22.1. The zero-order valence-corrected chi connectivity index (χ0v) is 7.99. The molecular weight excluding hydrogens is 170 g/mol. The Morgan fingerprint density at radius 1 is 1.21 bits per heavy atom. The molecule has 0 aliphatic rings. The van der Waals surface area contributed by atoms with Gasteiger partial charge in [0, 0.05) is 15.9 Å². The van der Waals surface area contributed by atoms with Gasteiger partial charge < -0.3 is 0 Å². The number of benzene rings is 1. The molecular formula is C13H13N. The molecule has 1 heteroatoms.